The lowest BCUT2D eigenvalue weighted by Gasteiger charge is -2.35. The summed E-state index contributed by atoms with van der Waals surface area (Å²) in [5.74, 6) is 0.185. The predicted octanol–water partition coefficient (Wildman–Crippen LogP) is 1.99. The molecule has 4 nitrogen and oxygen atoms in total. The molecule has 112 valence electrons. The number of ether oxygens (including phenoxy) is 1. The van der Waals surface area contributed by atoms with Crippen LogP contribution in [0.3, 0.4) is 0 Å². The minimum atomic E-state index is -0.422. The fourth-order valence-electron chi connectivity index (χ4n) is 2.21. The summed E-state index contributed by atoms with van der Waals surface area (Å²) >= 11 is 0. The Balaban J connectivity index is 0.00000200. The number of morpholine rings is 1. The van der Waals surface area contributed by atoms with Crippen LogP contribution in [-0.2, 0) is 9.53 Å². The van der Waals surface area contributed by atoms with Gasteiger partial charge in [0.15, 0.2) is 0 Å². The zero-order valence-corrected chi connectivity index (χ0v) is 12.8. The van der Waals surface area contributed by atoms with Gasteiger partial charge in [0.05, 0.1) is 19.2 Å². The van der Waals surface area contributed by atoms with E-state index < -0.39 is 6.04 Å². The first kappa shape index (κ1) is 17.0. The van der Waals surface area contributed by atoms with Gasteiger partial charge in [-0.2, -0.15) is 0 Å². The third kappa shape index (κ3) is 3.95. The van der Waals surface area contributed by atoms with E-state index in [9.17, 15) is 4.79 Å². The summed E-state index contributed by atoms with van der Waals surface area (Å²) in [6, 6.07) is 9.58. The van der Waals surface area contributed by atoms with Crippen LogP contribution in [0.2, 0.25) is 0 Å². The highest BCUT2D eigenvalue weighted by Gasteiger charge is 2.29. The summed E-state index contributed by atoms with van der Waals surface area (Å²) in [5.41, 5.74) is 7.05. The van der Waals surface area contributed by atoms with Crippen LogP contribution in [0.15, 0.2) is 30.3 Å². The number of carbonyl (C=O) groups is 1. The molecule has 0 saturated carbocycles. The van der Waals surface area contributed by atoms with Crippen LogP contribution in [-0.4, -0.2) is 36.5 Å². The van der Waals surface area contributed by atoms with Gasteiger partial charge >= 0.3 is 0 Å². The molecule has 1 heterocycles. The van der Waals surface area contributed by atoms with E-state index in [4.69, 9.17) is 10.5 Å². The van der Waals surface area contributed by atoms with Crippen molar-refractivity contribution in [1.29, 1.82) is 0 Å². The van der Waals surface area contributed by atoms with E-state index in [1.807, 2.05) is 49.1 Å². The lowest BCUT2D eigenvalue weighted by atomic mass is 10.0. The molecule has 2 atom stereocenters. The van der Waals surface area contributed by atoms with Gasteiger partial charge in [-0.3, -0.25) is 4.79 Å². The molecular formula is C15H23ClN2O2. The number of amides is 1. The SMILES string of the molecule is CC(C)[C@H](N)C(=O)N1CCOC(c2ccccc2)C1.Cl. The summed E-state index contributed by atoms with van der Waals surface area (Å²) in [5, 5.41) is 0. The van der Waals surface area contributed by atoms with E-state index in [1.165, 1.54) is 0 Å². The molecule has 20 heavy (non-hydrogen) atoms. The maximum atomic E-state index is 12.3. The topological polar surface area (TPSA) is 55.6 Å². The summed E-state index contributed by atoms with van der Waals surface area (Å²) in [6.07, 6.45) is -0.0433. The molecule has 1 saturated heterocycles. The van der Waals surface area contributed by atoms with Crippen molar-refractivity contribution < 1.29 is 9.53 Å². The second-order valence-corrected chi connectivity index (χ2v) is 5.32. The van der Waals surface area contributed by atoms with Gasteiger partial charge in [0.2, 0.25) is 5.91 Å². The second kappa shape index (κ2) is 7.62. The van der Waals surface area contributed by atoms with Crippen molar-refractivity contribution in [2.24, 2.45) is 11.7 Å². The summed E-state index contributed by atoms with van der Waals surface area (Å²) < 4.78 is 5.75. The predicted molar refractivity (Wildman–Crippen MR) is 81.8 cm³/mol. The van der Waals surface area contributed by atoms with Crippen LogP contribution in [0.25, 0.3) is 0 Å². The van der Waals surface area contributed by atoms with E-state index in [1.54, 1.807) is 0 Å². The smallest absolute Gasteiger partial charge is 0.239 e. The van der Waals surface area contributed by atoms with Gasteiger partial charge in [-0.25, -0.2) is 0 Å². The second-order valence-electron chi connectivity index (χ2n) is 5.32. The molecule has 0 spiro atoms. The summed E-state index contributed by atoms with van der Waals surface area (Å²) in [7, 11) is 0. The lowest BCUT2D eigenvalue weighted by Crippen LogP contribution is -2.51. The molecule has 1 aliphatic heterocycles. The molecule has 1 amide bonds. The Bertz CT molecular complexity index is 425. The van der Waals surface area contributed by atoms with Gasteiger partial charge in [0, 0.05) is 6.54 Å². The molecule has 1 aromatic carbocycles. The first-order valence-electron chi connectivity index (χ1n) is 6.80. The molecule has 0 radical (unpaired) electrons. The lowest BCUT2D eigenvalue weighted by molar-refractivity contribution is -0.141. The van der Waals surface area contributed by atoms with Crippen molar-refractivity contribution in [2.75, 3.05) is 19.7 Å². The van der Waals surface area contributed by atoms with Gasteiger partial charge in [0.25, 0.3) is 0 Å². The first-order chi connectivity index (χ1) is 9.09. The van der Waals surface area contributed by atoms with E-state index in [2.05, 4.69) is 0 Å². The minimum Gasteiger partial charge on any atom is -0.370 e. The zero-order valence-electron chi connectivity index (χ0n) is 12.0. The van der Waals surface area contributed by atoms with Crippen LogP contribution in [0.4, 0.5) is 0 Å². The Morgan fingerprint density at radius 2 is 2.00 bits per heavy atom. The quantitative estimate of drug-likeness (QED) is 0.928. The Morgan fingerprint density at radius 3 is 2.60 bits per heavy atom. The van der Waals surface area contributed by atoms with Crippen molar-refractivity contribution in [1.82, 2.24) is 4.90 Å². The number of carbonyl (C=O) groups excluding carboxylic acids is 1. The molecule has 5 heteroatoms. The summed E-state index contributed by atoms with van der Waals surface area (Å²) in [6.45, 7) is 5.72. The highest BCUT2D eigenvalue weighted by molar-refractivity contribution is 5.85. The van der Waals surface area contributed by atoms with Crippen LogP contribution in [0.1, 0.15) is 25.5 Å². The van der Waals surface area contributed by atoms with Gasteiger partial charge < -0.3 is 15.4 Å². The fourth-order valence-corrected chi connectivity index (χ4v) is 2.21. The number of benzene rings is 1. The van der Waals surface area contributed by atoms with E-state index >= 15 is 0 Å². The third-order valence-corrected chi connectivity index (χ3v) is 3.55. The van der Waals surface area contributed by atoms with Crippen LogP contribution in [0, 0.1) is 5.92 Å². The maximum absolute atomic E-state index is 12.3. The zero-order chi connectivity index (χ0) is 13.8. The molecule has 2 N–H and O–H groups in total. The van der Waals surface area contributed by atoms with Gasteiger partial charge in [0.1, 0.15) is 6.10 Å². The van der Waals surface area contributed by atoms with E-state index in [-0.39, 0.29) is 30.3 Å². The average Bonchev–Trinajstić information content (AvgIpc) is 2.46. The number of nitrogens with two attached hydrogens (primary N) is 1. The fraction of sp³-hybridized carbons (Fsp3) is 0.533. The molecule has 1 unspecified atom stereocenters. The monoisotopic (exact) mass is 298 g/mol. The van der Waals surface area contributed by atoms with Crippen molar-refractivity contribution in [2.45, 2.75) is 26.0 Å². The minimum absolute atomic E-state index is 0. The highest BCUT2D eigenvalue weighted by Crippen LogP contribution is 2.22. The molecule has 1 aliphatic rings. The normalized spacial score (nSPS) is 20.4. The Labute approximate surface area is 126 Å². The standard InChI is InChI=1S/C15H22N2O2.ClH/c1-11(2)14(16)15(18)17-8-9-19-13(10-17)12-6-4-3-5-7-12;/h3-7,11,13-14H,8-10,16H2,1-2H3;1H/t13?,14-;/m0./s1. The molecule has 0 aliphatic carbocycles. The number of hydrogen-bond donors (Lipinski definition) is 1. The van der Waals surface area contributed by atoms with Gasteiger partial charge in [-0.05, 0) is 11.5 Å². The Hall–Kier alpha value is -1.10. The number of rotatable bonds is 3. The van der Waals surface area contributed by atoms with Gasteiger partial charge in [-0.15, -0.1) is 12.4 Å². The number of nitrogens with zero attached hydrogens (tertiary/aromatic N) is 1. The molecular weight excluding hydrogens is 276 g/mol. The first-order valence-corrected chi connectivity index (χ1v) is 6.80. The van der Waals surface area contributed by atoms with Crippen molar-refractivity contribution in [3.05, 3.63) is 35.9 Å². The number of hydrogen-bond acceptors (Lipinski definition) is 3. The molecule has 0 aromatic heterocycles. The van der Waals surface area contributed by atoms with Crippen molar-refractivity contribution in [3.8, 4) is 0 Å². The van der Waals surface area contributed by atoms with Crippen molar-refractivity contribution >= 4 is 18.3 Å². The van der Waals surface area contributed by atoms with Crippen LogP contribution < -0.4 is 5.73 Å². The average molecular weight is 299 g/mol. The Morgan fingerprint density at radius 1 is 1.35 bits per heavy atom. The molecule has 2 rings (SSSR count). The Kier molecular flexibility index (Phi) is 6.46. The molecule has 1 fully saturated rings. The molecule has 0 bridgehead atoms. The molecule has 1 aromatic rings. The van der Waals surface area contributed by atoms with Crippen LogP contribution in [0.5, 0.6) is 0 Å². The largest absolute Gasteiger partial charge is 0.370 e. The highest BCUT2D eigenvalue weighted by atomic mass is 35.5. The number of halogens is 1. The van der Waals surface area contributed by atoms with Gasteiger partial charge in [-0.1, -0.05) is 44.2 Å². The third-order valence-electron chi connectivity index (χ3n) is 3.55. The van der Waals surface area contributed by atoms with E-state index in [0.29, 0.717) is 19.7 Å². The van der Waals surface area contributed by atoms with Crippen LogP contribution >= 0.6 is 12.4 Å². The van der Waals surface area contributed by atoms with Crippen molar-refractivity contribution in [3.63, 3.8) is 0 Å². The van der Waals surface area contributed by atoms with E-state index in [0.717, 1.165) is 5.56 Å². The summed E-state index contributed by atoms with van der Waals surface area (Å²) in [4.78, 5) is 14.1. The maximum Gasteiger partial charge on any atom is 0.239 e.